The summed E-state index contributed by atoms with van der Waals surface area (Å²) < 4.78 is 8.27. The molecule has 5 nitrogen and oxygen atoms in total. The number of nitrogens with zero attached hydrogens (tertiary/aromatic N) is 2. The summed E-state index contributed by atoms with van der Waals surface area (Å²) in [5.74, 6) is 0.286. The molecule has 96 valence electrons. The molecule has 0 saturated heterocycles. The molecule has 1 aromatic heterocycles. The third-order valence-corrected chi connectivity index (χ3v) is 3.18. The maximum atomic E-state index is 11.4. The fourth-order valence-corrected chi connectivity index (χ4v) is 2.08. The zero-order valence-corrected chi connectivity index (χ0v) is 12.0. The summed E-state index contributed by atoms with van der Waals surface area (Å²) in [6, 6.07) is 5.81. The van der Waals surface area contributed by atoms with Crippen LogP contribution in [0, 0.1) is 0 Å². The molecule has 0 fully saturated rings. The number of amides is 1. The van der Waals surface area contributed by atoms with Crippen molar-refractivity contribution in [1.29, 1.82) is 0 Å². The Kier molecular flexibility index (Phi) is 3.56. The van der Waals surface area contributed by atoms with E-state index in [1.54, 1.807) is 18.7 Å². The minimum absolute atomic E-state index is 0.177. The first-order valence-electron chi connectivity index (χ1n) is 5.53. The maximum Gasteiger partial charge on any atom is 0.260 e. The van der Waals surface area contributed by atoms with Gasteiger partial charge in [0, 0.05) is 18.6 Å². The maximum absolute atomic E-state index is 11.4. The van der Waals surface area contributed by atoms with Gasteiger partial charge in [0.25, 0.3) is 5.91 Å². The molecule has 0 aliphatic rings. The predicted octanol–water partition coefficient (Wildman–Crippen LogP) is 1.85. The van der Waals surface area contributed by atoms with E-state index in [1.807, 2.05) is 25.2 Å². The first-order valence-corrected chi connectivity index (χ1v) is 6.32. The fraction of sp³-hybridized carbons (Fsp3) is 0.333. The topological polar surface area (TPSA) is 56.1 Å². The van der Waals surface area contributed by atoms with E-state index in [1.165, 1.54) is 0 Å². The quantitative estimate of drug-likeness (QED) is 0.941. The summed E-state index contributed by atoms with van der Waals surface area (Å²) in [6.07, 6.45) is -0.577. The second kappa shape index (κ2) is 4.97. The Bertz CT molecular complexity index is 594. The van der Waals surface area contributed by atoms with Crippen LogP contribution in [0.25, 0.3) is 10.9 Å². The molecule has 1 unspecified atom stereocenters. The number of aromatic nitrogens is 2. The van der Waals surface area contributed by atoms with Crippen molar-refractivity contribution in [2.24, 2.45) is 7.05 Å². The molecule has 6 heteroatoms. The zero-order valence-electron chi connectivity index (χ0n) is 10.4. The standard InChI is InChI=1S/C12H14BrN3O2/c1-7(11(17)14-2)18-12-9-6-8(13)4-5-10(9)16(3)15-12/h4-7H,1-3H3,(H,14,17). The summed E-state index contributed by atoms with van der Waals surface area (Å²) in [5, 5.41) is 7.70. The number of hydrogen-bond acceptors (Lipinski definition) is 3. The van der Waals surface area contributed by atoms with Gasteiger partial charge in [0.05, 0.1) is 10.9 Å². The van der Waals surface area contributed by atoms with Crippen molar-refractivity contribution in [1.82, 2.24) is 15.1 Å². The minimum atomic E-state index is -0.577. The summed E-state index contributed by atoms with van der Waals surface area (Å²) in [7, 11) is 3.42. The average molecular weight is 312 g/mol. The van der Waals surface area contributed by atoms with Gasteiger partial charge in [0.1, 0.15) is 0 Å². The van der Waals surface area contributed by atoms with E-state index in [2.05, 4.69) is 26.3 Å². The molecule has 2 rings (SSSR count). The van der Waals surface area contributed by atoms with Crippen LogP contribution >= 0.6 is 15.9 Å². The third-order valence-electron chi connectivity index (χ3n) is 2.68. The molecule has 1 N–H and O–H groups in total. The average Bonchev–Trinajstić information content (AvgIpc) is 2.64. The SMILES string of the molecule is CNC(=O)C(C)Oc1nn(C)c2ccc(Br)cc12. The van der Waals surface area contributed by atoms with E-state index in [-0.39, 0.29) is 5.91 Å². The number of fused-ring (bicyclic) bond motifs is 1. The van der Waals surface area contributed by atoms with Crippen LogP contribution in [-0.4, -0.2) is 28.8 Å². The number of hydrogen-bond donors (Lipinski definition) is 1. The number of rotatable bonds is 3. The monoisotopic (exact) mass is 311 g/mol. The van der Waals surface area contributed by atoms with Gasteiger partial charge in [-0.1, -0.05) is 15.9 Å². The van der Waals surface area contributed by atoms with Crippen LogP contribution in [0.15, 0.2) is 22.7 Å². The van der Waals surface area contributed by atoms with Crippen molar-refractivity contribution >= 4 is 32.7 Å². The second-order valence-corrected chi connectivity index (χ2v) is 4.88. The van der Waals surface area contributed by atoms with Crippen LogP contribution in [0.5, 0.6) is 5.88 Å². The Morgan fingerprint density at radius 1 is 1.56 bits per heavy atom. The molecule has 1 atom stereocenters. The highest BCUT2D eigenvalue weighted by molar-refractivity contribution is 9.10. The van der Waals surface area contributed by atoms with Gasteiger partial charge in [-0.2, -0.15) is 0 Å². The molecule has 0 saturated carbocycles. The summed E-state index contributed by atoms with van der Waals surface area (Å²) >= 11 is 3.41. The van der Waals surface area contributed by atoms with Crippen LogP contribution in [0.1, 0.15) is 6.92 Å². The van der Waals surface area contributed by atoms with Crippen LogP contribution in [0.4, 0.5) is 0 Å². The van der Waals surface area contributed by atoms with Gasteiger partial charge in [-0.25, -0.2) is 0 Å². The van der Waals surface area contributed by atoms with Crippen molar-refractivity contribution in [2.75, 3.05) is 7.05 Å². The van der Waals surface area contributed by atoms with Gasteiger partial charge in [0.15, 0.2) is 6.10 Å². The number of halogens is 1. The number of aryl methyl sites for hydroxylation is 1. The Hall–Kier alpha value is -1.56. The van der Waals surface area contributed by atoms with Crippen molar-refractivity contribution in [3.8, 4) is 5.88 Å². The molecule has 0 radical (unpaired) electrons. The molecule has 0 aliphatic heterocycles. The summed E-state index contributed by atoms with van der Waals surface area (Å²) in [6.45, 7) is 1.69. The lowest BCUT2D eigenvalue weighted by Crippen LogP contribution is -2.33. The number of benzene rings is 1. The molecule has 0 bridgehead atoms. The fourth-order valence-electron chi connectivity index (χ4n) is 1.72. The Morgan fingerprint density at radius 3 is 2.94 bits per heavy atom. The number of carbonyl (C=O) groups excluding carboxylic acids is 1. The minimum Gasteiger partial charge on any atom is -0.463 e. The molecule has 18 heavy (non-hydrogen) atoms. The smallest absolute Gasteiger partial charge is 0.260 e. The lowest BCUT2D eigenvalue weighted by molar-refractivity contribution is -0.126. The number of likely N-dealkylation sites (N-methyl/N-ethyl adjacent to an activating group) is 1. The molecule has 1 aromatic carbocycles. The van der Waals surface area contributed by atoms with Crippen LogP contribution in [0.2, 0.25) is 0 Å². The highest BCUT2D eigenvalue weighted by atomic mass is 79.9. The van der Waals surface area contributed by atoms with Crippen molar-refractivity contribution < 1.29 is 9.53 Å². The summed E-state index contributed by atoms with van der Waals surface area (Å²) in [5.41, 5.74) is 0.956. The van der Waals surface area contributed by atoms with E-state index in [0.29, 0.717) is 5.88 Å². The van der Waals surface area contributed by atoms with E-state index in [4.69, 9.17) is 4.74 Å². The van der Waals surface area contributed by atoms with Gasteiger partial charge in [-0.05, 0) is 25.1 Å². The van der Waals surface area contributed by atoms with E-state index < -0.39 is 6.10 Å². The molecule has 0 aliphatic carbocycles. The zero-order chi connectivity index (χ0) is 13.3. The second-order valence-electron chi connectivity index (χ2n) is 3.96. The number of carbonyl (C=O) groups is 1. The molecule has 2 aromatic rings. The first kappa shape index (κ1) is 12.9. The molecule has 0 spiro atoms. The third kappa shape index (κ3) is 2.33. The van der Waals surface area contributed by atoms with E-state index >= 15 is 0 Å². The van der Waals surface area contributed by atoms with Crippen LogP contribution < -0.4 is 10.1 Å². The Labute approximate surface area is 113 Å². The lowest BCUT2D eigenvalue weighted by atomic mass is 10.2. The van der Waals surface area contributed by atoms with Gasteiger partial charge < -0.3 is 10.1 Å². The van der Waals surface area contributed by atoms with E-state index in [9.17, 15) is 4.79 Å². The predicted molar refractivity (Wildman–Crippen MR) is 72.6 cm³/mol. The van der Waals surface area contributed by atoms with Crippen molar-refractivity contribution in [2.45, 2.75) is 13.0 Å². The Balaban J connectivity index is 2.39. The van der Waals surface area contributed by atoms with Gasteiger partial charge in [-0.3, -0.25) is 9.48 Å². The number of nitrogens with one attached hydrogen (secondary N) is 1. The molecular weight excluding hydrogens is 298 g/mol. The normalized spacial score (nSPS) is 12.4. The first-order chi connectivity index (χ1) is 8.52. The van der Waals surface area contributed by atoms with Gasteiger partial charge in [0.2, 0.25) is 5.88 Å². The van der Waals surface area contributed by atoms with Gasteiger partial charge >= 0.3 is 0 Å². The highest BCUT2D eigenvalue weighted by Crippen LogP contribution is 2.28. The van der Waals surface area contributed by atoms with Crippen molar-refractivity contribution in [3.63, 3.8) is 0 Å². The largest absolute Gasteiger partial charge is 0.463 e. The molecule has 1 heterocycles. The van der Waals surface area contributed by atoms with E-state index in [0.717, 1.165) is 15.4 Å². The van der Waals surface area contributed by atoms with Crippen LogP contribution in [-0.2, 0) is 11.8 Å². The molecule has 1 amide bonds. The van der Waals surface area contributed by atoms with Gasteiger partial charge in [-0.15, -0.1) is 5.10 Å². The van der Waals surface area contributed by atoms with Crippen LogP contribution in [0.3, 0.4) is 0 Å². The molecular formula is C12H14BrN3O2. The highest BCUT2D eigenvalue weighted by Gasteiger charge is 2.17. The summed E-state index contributed by atoms with van der Waals surface area (Å²) in [4.78, 5) is 11.4. The Morgan fingerprint density at radius 2 is 2.28 bits per heavy atom. The number of ether oxygens (including phenoxy) is 1. The lowest BCUT2D eigenvalue weighted by Gasteiger charge is -2.10. The van der Waals surface area contributed by atoms with Crippen molar-refractivity contribution in [3.05, 3.63) is 22.7 Å².